The lowest BCUT2D eigenvalue weighted by molar-refractivity contribution is -0.117. The van der Waals surface area contributed by atoms with Crippen molar-refractivity contribution in [2.24, 2.45) is 5.92 Å². The Labute approximate surface area is 117 Å². The maximum absolute atomic E-state index is 11.9. The Morgan fingerprint density at radius 2 is 2.10 bits per heavy atom. The first-order chi connectivity index (χ1) is 9.79. The first-order valence-electron chi connectivity index (χ1n) is 7.38. The topological polar surface area (TPSA) is 54.1 Å². The smallest absolute Gasteiger partial charge is 0.227 e. The van der Waals surface area contributed by atoms with Crippen molar-refractivity contribution in [3.63, 3.8) is 0 Å². The Bertz CT molecular complexity index is 654. The summed E-state index contributed by atoms with van der Waals surface area (Å²) in [7, 11) is 0. The van der Waals surface area contributed by atoms with Gasteiger partial charge in [-0.25, -0.2) is 0 Å². The number of anilines is 1. The van der Waals surface area contributed by atoms with Crippen LogP contribution in [0, 0.1) is 5.92 Å². The van der Waals surface area contributed by atoms with E-state index in [4.69, 9.17) is 4.74 Å². The lowest BCUT2D eigenvalue weighted by Crippen LogP contribution is -2.24. The molecule has 2 aliphatic rings. The van der Waals surface area contributed by atoms with Crippen molar-refractivity contribution < 1.29 is 9.53 Å². The fourth-order valence-corrected chi connectivity index (χ4v) is 2.54. The van der Waals surface area contributed by atoms with E-state index >= 15 is 0 Å². The van der Waals surface area contributed by atoms with Gasteiger partial charge in [0.15, 0.2) is 0 Å². The lowest BCUT2D eigenvalue weighted by Gasteiger charge is -2.26. The summed E-state index contributed by atoms with van der Waals surface area (Å²) in [6, 6.07) is 6.02. The molecule has 0 unspecified atom stereocenters. The summed E-state index contributed by atoms with van der Waals surface area (Å²) in [6.45, 7) is 0. The van der Waals surface area contributed by atoms with Crippen LogP contribution in [-0.4, -0.2) is 17.0 Å². The van der Waals surface area contributed by atoms with Crippen molar-refractivity contribution in [3.8, 4) is 5.75 Å². The summed E-state index contributed by atoms with van der Waals surface area (Å²) in [5.74, 6) is 1.24. The molecule has 0 bridgehead atoms. The molecule has 1 amide bonds. The molecule has 2 aromatic rings. The second kappa shape index (κ2) is 4.54. The minimum atomic E-state index is 0.135. The van der Waals surface area contributed by atoms with E-state index in [9.17, 15) is 4.79 Å². The van der Waals surface area contributed by atoms with Gasteiger partial charge in [-0.3, -0.25) is 4.79 Å². The maximum atomic E-state index is 11.9. The highest BCUT2D eigenvalue weighted by atomic mass is 16.5. The molecule has 0 radical (unpaired) electrons. The predicted octanol–water partition coefficient (Wildman–Crippen LogP) is 3.45. The van der Waals surface area contributed by atoms with E-state index in [0.29, 0.717) is 6.10 Å². The number of H-pyrrole nitrogens is 1. The lowest BCUT2D eigenvalue weighted by atomic mass is 9.96. The summed E-state index contributed by atoms with van der Waals surface area (Å²) < 4.78 is 5.92. The zero-order chi connectivity index (χ0) is 13.5. The van der Waals surface area contributed by atoms with Crippen molar-refractivity contribution in [3.05, 3.63) is 24.4 Å². The number of amides is 1. The molecule has 0 saturated heterocycles. The number of aromatic nitrogens is 1. The average molecular weight is 270 g/mol. The van der Waals surface area contributed by atoms with Crippen LogP contribution in [0.4, 0.5) is 5.69 Å². The number of carbonyl (C=O) groups is 1. The van der Waals surface area contributed by atoms with Crippen LogP contribution in [0.5, 0.6) is 5.75 Å². The van der Waals surface area contributed by atoms with E-state index < -0.39 is 0 Å². The minimum absolute atomic E-state index is 0.135. The summed E-state index contributed by atoms with van der Waals surface area (Å²) in [5, 5.41) is 4.03. The van der Waals surface area contributed by atoms with Gasteiger partial charge in [-0.2, -0.15) is 0 Å². The molecule has 4 nitrogen and oxygen atoms in total. The molecular weight excluding hydrogens is 252 g/mol. The Morgan fingerprint density at radius 3 is 2.80 bits per heavy atom. The van der Waals surface area contributed by atoms with Crippen LogP contribution in [0.25, 0.3) is 10.9 Å². The van der Waals surface area contributed by atoms with Gasteiger partial charge in [-0.05, 0) is 50.3 Å². The number of nitrogens with one attached hydrogen (secondary N) is 2. The Morgan fingerprint density at radius 1 is 1.25 bits per heavy atom. The van der Waals surface area contributed by atoms with Crippen molar-refractivity contribution in [1.82, 2.24) is 4.98 Å². The molecule has 0 aliphatic heterocycles. The number of carbonyl (C=O) groups excluding carboxylic acids is 1. The van der Waals surface area contributed by atoms with Crippen LogP contribution in [0.3, 0.4) is 0 Å². The molecule has 2 saturated carbocycles. The van der Waals surface area contributed by atoms with Crippen molar-refractivity contribution in [2.45, 2.75) is 38.2 Å². The molecule has 2 aliphatic carbocycles. The van der Waals surface area contributed by atoms with Gasteiger partial charge in [0.2, 0.25) is 5.91 Å². The summed E-state index contributed by atoms with van der Waals surface area (Å²) >= 11 is 0. The summed E-state index contributed by atoms with van der Waals surface area (Å²) in [6.07, 6.45) is 7.83. The molecule has 0 spiro atoms. The third-order valence-corrected chi connectivity index (χ3v) is 4.21. The monoisotopic (exact) mass is 270 g/mol. The van der Waals surface area contributed by atoms with Crippen molar-refractivity contribution >= 4 is 22.5 Å². The van der Waals surface area contributed by atoms with E-state index in [-0.39, 0.29) is 11.8 Å². The van der Waals surface area contributed by atoms with Gasteiger partial charge in [0.05, 0.1) is 11.8 Å². The van der Waals surface area contributed by atoms with Gasteiger partial charge >= 0.3 is 0 Å². The number of hydrogen-bond acceptors (Lipinski definition) is 2. The van der Waals surface area contributed by atoms with Gasteiger partial charge in [-0.1, -0.05) is 0 Å². The number of benzene rings is 1. The molecule has 20 heavy (non-hydrogen) atoms. The number of ether oxygens (including phenoxy) is 1. The Hall–Kier alpha value is -1.97. The fourth-order valence-electron chi connectivity index (χ4n) is 2.54. The largest absolute Gasteiger partial charge is 0.490 e. The molecule has 4 heteroatoms. The van der Waals surface area contributed by atoms with Crippen LogP contribution < -0.4 is 10.1 Å². The molecule has 1 aromatic carbocycles. The number of aromatic amines is 1. The first-order valence-corrected chi connectivity index (χ1v) is 7.38. The molecule has 2 N–H and O–H groups in total. The predicted molar refractivity (Wildman–Crippen MR) is 77.9 cm³/mol. The number of rotatable bonds is 4. The first kappa shape index (κ1) is 11.8. The zero-order valence-electron chi connectivity index (χ0n) is 11.3. The summed E-state index contributed by atoms with van der Waals surface area (Å²) in [5.41, 5.74) is 1.88. The van der Waals surface area contributed by atoms with E-state index in [1.165, 1.54) is 6.42 Å². The molecule has 1 heterocycles. The maximum Gasteiger partial charge on any atom is 0.227 e. The van der Waals surface area contributed by atoms with Crippen molar-refractivity contribution in [2.75, 3.05) is 5.32 Å². The molecule has 104 valence electrons. The Balaban J connectivity index is 1.59. The fraction of sp³-hybridized carbons (Fsp3) is 0.438. The quantitative estimate of drug-likeness (QED) is 0.894. The summed E-state index contributed by atoms with van der Waals surface area (Å²) in [4.78, 5) is 15.1. The van der Waals surface area contributed by atoms with Crippen LogP contribution in [0.15, 0.2) is 24.4 Å². The van der Waals surface area contributed by atoms with Crippen LogP contribution in [0.2, 0.25) is 0 Å². The third-order valence-electron chi connectivity index (χ3n) is 4.21. The van der Waals surface area contributed by atoms with Crippen LogP contribution in [0.1, 0.15) is 32.1 Å². The Kier molecular flexibility index (Phi) is 2.69. The average Bonchev–Trinajstić information content (AvgIpc) is 3.18. The zero-order valence-corrected chi connectivity index (χ0v) is 11.3. The van der Waals surface area contributed by atoms with E-state index in [2.05, 4.69) is 10.3 Å². The SMILES string of the molecule is O=C(Nc1c[nH]c2ccc(OC3CCC3)cc12)C1CC1. The third kappa shape index (κ3) is 2.15. The van der Waals surface area contributed by atoms with E-state index in [0.717, 1.165) is 48.0 Å². The van der Waals surface area contributed by atoms with Crippen LogP contribution >= 0.6 is 0 Å². The highest BCUT2D eigenvalue weighted by molar-refractivity contribution is 6.03. The standard InChI is InChI=1S/C16H18N2O2/c19-16(10-4-5-10)18-15-9-17-14-7-6-12(8-13(14)15)20-11-2-1-3-11/h6-11,17H,1-5H2,(H,18,19). The van der Waals surface area contributed by atoms with Gasteiger partial charge < -0.3 is 15.0 Å². The molecular formula is C16H18N2O2. The normalized spacial score (nSPS) is 18.8. The van der Waals surface area contributed by atoms with Crippen LogP contribution in [-0.2, 0) is 4.79 Å². The highest BCUT2D eigenvalue weighted by Crippen LogP contribution is 2.33. The van der Waals surface area contributed by atoms with Gasteiger partial charge in [0.25, 0.3) is 0 Å². The van der Waals surface area contributed by atoms with Gasteiger partial charge in [0.1, 0.15) is 5.75 Å². The molecule has 0 atom stereocenters. The van der Waals surface area contributed by atoms with Gasteiger partial charge in [0, 0.05) is 23.0 Å². The molecule has 2 fully saturated rings. The second-order valence-corrected chi connectivity index (χ2v) is 5.84. The molecule has 1 aromatic heterocycles. The number of fused-ring (bicyclic) bond motifs is 1. The minimum Gasteiger partial charge on any atom is -0.490 e. The number of hydrogen-bond donors (Lipinski definition) is 2. The molecule has 4 rings (SSSR count). The van der Waals surface area contributed by atoms with Crippen molar-refractivity contribution in [1.29, 1.82) is 0 Å². The highest BCUT2D eigenvalue weighted by Gasteiger charge is 2.30. The van der Waals surface area contributed by atoms with Gasteiger partial charge in [-0.15, -0.1) is 0 Å². The van der Waals surface area contributed by atoms with E-state index in [1.54, 1.807) is 0 Å². The second-order valence-electron chi connectivity index (χ2n) is 5.84. The van der Waals surface area contributed by atoms with E-state index in [1.807, 2.05) is 24.4 Å².